The van der Waals surface area contributed by atoms with Crippen LogP contribution in [0.3, 0.4) is 0 Å². The number of aliphatic carboxylic acids is 1. The molecule has 6 nitrogen and oxygen atoms in total. The van der Waals surface area contributed by atoms with Crippen LogP contribution < -0.4 is 10.1 Å². The fourth-order valence-corrected chi connectivity index (χ4v) is 2.48. The third-order valence-electron chi connectivity index (χ3n) is 3.53. The lowest BCUT2D eigenvalue weighted by molar-refractivity contribution is -0.139. The van der Waals surface area contributed by atoms with Gasteiger partial charge >= 0.3 is 5.97 Å². The maximum absolute atomic E-state index is 11.8. The Morgan fingerprint density at radius 2 is 2.10 bits per heavy atom. The average molecular weight is 292 g/mol. The highest BCUT2D eigenvalue weighted by Crippen LogP contribution is 2.19. The number of carbonyl (C=O) groups is 2. The molecule has 1 aliphatic heterocycles. The van der Waals surface area contributed by atoms with Crippen LogP contribution in [0.15, 0.2) is 24.3 Å². The molecule has 0 aromatic heterocycles. The Morgan fingerprint density at radius 3 is 2.76 bits per heavy atom. The van der Waals surface area contributed by atoms with Gasteiger partial charge in [0.1, 0.15) is 5.75 Å². The smallest absolute Gasteiger partial charge is 0.303 e. The molecule has 0 atom stereocenters. The second-order valence-electron chi connectivity index (χ2n) is 5.25. The summed E-state index contributed by atoms with van der Waals surface area (Å²) < 4.78 is 5.22. The number of benzene rings is 1. The molecule has 1 aromatic rings. The number of carboxylic acid groups (broad SMARTS) is 1. The molecule has 2 rings (SSSR count). The van der Waals surface area contributed by atoms with E-state index in [0.29, 0.717) is 26.2 Å². The van der Waals surface area contributed by atoms with Crippen molar-refractivity contribution in [3.05, 3.63) is 29.8 Å². The minimum absolute atomic E-state index is 0.0605. The molecule has 0 unspecified atom stereocenters. The van der Waals surface area contributed by atoms with Crippen LogP contribution >= 0.6 is 0 Å². The summed E-state index contributed by atoms with van der Waals surface area (Å²) in [6.45, 7) is 2.09. The Kier molecular flexibility index (Phi) is 5.16. The van der Waals surface area contributed by atoms with Gasteiger partial charge in [-0.25, -0.2) is 0 Å². The molecule has 0 saturated carbocycles. The quantitative estimate of drug-likeness (QED) is 0.774. The zero-order valence-corrected chi connectivity index (χ0v) is 12.0. The molecule has 0 spiro atoms. The summed E-state index contributed by atoms with van der Waals surface area (Å²) in [5.74, 6) is 0.0859. The summed E-state index contributed by atoms with van der Waals surface area (Å²) in [7, 11) is 1.60. The number of rotatable bonds is 7. The first-order valence-electron chi connectivity index (χ1n) is 6.91. The lowest BCUT2D eigenvalue weighted by atomic mass is 9.96. The van der Waals surface area contributed by atoms with Gasteiger partial charge in [-0.1, -0.05) is 18.2 Å². The Hall–Kier alpha value is -2.08. The Balaban J connectivity index is 1.70. The second kappa shape index (κ2) is 7.08. The van der Waals surface area contributed by atoms with E-state index < -0.39 is 5.97 Å². The third-order valence-corrected chi connectivity index (χ3v) is 3.53. The normalized spacial score (nSPS) is 15.3. The molecule has 114 valence electrons. The van der Waals surface area contributed by atoms with Gasteiger partial charge in [0.2, 0.25) is 5.91 Å². The van der Waals surface area contributed by atoms with E-state index in [2.05, 4.69) is 5.32 Å². The van der Waals surface area contributed by atoms with E-state index in [-0.39, 0.29) is 18.2 Å². The molecule has 6 heteroatoms. The molecule has 0 bridgehead atoms. The van der Waals surface area contributed by atoms with Gasteiger partial charge in [-0.3, -0.25) is 14.5 Å². The van der Waals surface area contributed by atoms with Gasteiger partial charge in [-0.15, -0.1) is 0 Å². The molecular weight excluding hydrogens is 272 g/mol. The van der Waals surface area contributed by atoms with Crippen molar-refractivity contribution in [2.75, 3.05) is 26.7 Å². The van der Waals surface area contributed by atoms with Crippen molar-refractivity contribution in [3.8, 4) is 5.75 Å². The maximum Gasteiger partial charge on any atom is 0.303 e. The van der Waals surface area contributed by atoms with E-state index >= 15 is 0 Å². The monoisotopic (exact) mass is 292 g/mol. The van der Waals surface area contributed by atoms with Crippen LogP contribution in [-0.4, -0.2) is 48.6 Å². The number of para-hydroxylation sites is 1. The van der Waals surface area contributed by atoms with Gasteiger partial charge in [0.25, 0.3) is 0 Å². The predicted octanol–water partition coefficient (Wildman–Crippen LogP) is 0.718. The number of nitrogens with one attached hydrogen (secondary N) is 1. The van der Waals surface area contributed by atoms with E-state index in [1.54, 1.807) is 7.11 Å². The van der Waals surface area contributed by atoms with Crippen molar-refractivity contribution in [1.29, 1.82) is 0 Å². The van der Waals surface area contributed by atoms with E-state index in [0.717, 1.165) is 11.3 Å². The molecule has 1 aromatic carbocycles. The number of hydrogen-bond acceptors (Lipinski definition) is 4. The first kappa shape index (κ1) is 15.3. The minimum atomic E-state index is -0.778. The molecule has 2 N–H and O–H groups in total. The SMILES string of the molecule is COc1ccccc1CNC(=O)CN1CC(CC(=O)O)C1. The number of hydrogen-bond donors (Lipinski definition) is 2. The van der Waals surface area contributed by atoms with E-state index in [4.69, 9.17) is 9.84 Å². The summed E-state index contributed by atoms with van der Waals surface area (Å²) in [5.41, 5.74) is 0.931. The van der Waals surface area contributed by atoms with Crippen LogP contribution in [0.1, 0.15) is 12.0 Å². The lowest BCUT2D eigenvalue weighted by Gasteiger charge is -2.37. The van der Waals surface area contributed by atoms with Crippen molar-refractivity contribution in [3.63, 3.8) is 0 Å². The molecule has 1 amide bonds. The summed E-state index contributed by atoms with van der Waals surface area (Å²) >= 11 is 0. The molecule has 0 radical (unpaired) electrons. The van der Waals surface area contributed by atoms with E-state index in [9.17, 15) is 9.59 Å². The Morgan fingerprint density at radius 1 is 1.38 bits per heavy atom. The molecule has 21 heavy (non-hydrogen) atoms. The standard InChI is InChI=1S/C15H20N2O4/c1-21-13-5-3-2-4-12(13)7-16-14(18)10-17-8-11(9-17)6-15(19)20/h2-5,11H,6-10H2,1H3,(H,16,18)(H,19,20). The first-order valence-corrected chi connectivity index (χ1v) is 6.91. The molecule has 1 heterocycles. The van der Waals surface area contributed by atoms with Crippen molar-refractivity contribution in [1.82, 2.24) is 10.2 Å². The molecule has 1 saturated heterocycles. The van der Waals surface area contributed by atoms with Gasteiger partial charge in [-0.2, -0.15) is 0 Å². The van der Waals surface area contributed by atoms with Crippen LogP contribution in [0.25, 0.3) is 0 Å². The van der Waals surface area contributed by atoms with E-state index in [1.807, 2.05) is 29.2 Å². The van der Waals surface area contributed by atoms with Gasteiger partial charge in [0.15, 0.2) is 0 Å². The highest BCUT2D eigenvalue weighted by molar-refractivity contribution is 5.78. The lowest BCUT2D eigenvalue weighted by Crippen LogP contribution is -2.51. The zero-order valence-electron chi connectivity index (χ0n) is 12.0. The predicted molar refractivity (Wildman–Crippen MR) is 77.0 cm³/mol. The summed E-state index contributed by atoms with van der Waals surface area (Å²) in [5, 5.41) is 11.5. The highest BCUT2D eigenvalue weighted by atomic mass is 16.5. The van der Waals surface area contributed by atoms with Gasteiger partial charge in [0, 0.05) is 25.2 Å². The summed E-state index contributed by atoms with van der Waals surface area (Å²) in [6, 6.07) is 7.54. The largest absolute Gasteiger partial charge is 0.496 e. The Labute approximate surface area is 123 Å². The number of carbonyl (C=O) groups excluding carboxylic acids is 1. The molecule has 1 aliphatic rings. The fraction of sp³-hybridized carbons (Fsp3) is 0.467. The Bertz CT molecular complexity index is 512. The minimum Gasteiger partial charge on any atom is -0.496 e. The fourth-order valence-electron chi connectivity index (χ4n) is 2.48. The number of carboxylic acids is 1. The van der Waals surface area contributed by atoms with Crippen LogP contribution in [0.4, 0.5) is 0 Å². The molecule has 1 fully saturated rings. The summed E-state index contributed by atoms with van der Waals surface area (Å²) in [4.78, 5) is 24.3. The van der Waals surface area contributed by atoms with Crippen molar-refractivity contribution in [2.45, 2.75) is 13.0 Å². The van der Waals surface area contributed by atoms with Crippen molar-refractivity contribution in [2.24, 2.45) is 5.92 Å². The van der Waals surface area contributed by atoms with Crippen LogP contribution in [0, 0.1) is 5.92 Å². The first-order chi connectivity index (χ1) is 10.1. The third kappa shape index (κ3) is 4.46. The van der Waals surface area contributed by atoms with Crippen molar-refractivity contribution < 1.29 is 19.4 Å². The van der Waals surface area contributed by atoms with Crippen LogP contribution in [0.2, 0.25) is 0 Å². The summed E-state index contributed by atoms with van der Waals surface area (Å²) in [6.07, 6.45) is 0.180. The highest BCUT2D eigenvalue weighted by Gasteiger charge is 2.29. The topological polar surface area (TPSA) is 78.9 Å². The van der Waals surface area contributed by atoms with Crippen LogP contribution in [0.5, 0.6) is 5.75 Å². The van der Waals surface area contributed by atoms with Crippen molar-refractivity contribution >= 4 is 11.9 Å². The van der Waals surface area contributed by atoms with Gasteiger partial charge < -0.3 is 15.2 Å². The number of likely N-dealkylation sites (tertiary alicyclic amines) is 1. The molecular formula is C15H20N2O4. The number of ether oxygens (including phenoxy) is 1. The molecule has 0 aliphatic carbocycles. The van der Waals surface area contributed by atoms with Crippen LogP contribution in [-0.2, 0) is 16.1 Å². The number of methoxy groups -OCH3 is 1. The average Bonchev–Trinajstić information content (AvgIpc) is 2.42. The van der Waals surface area contributed by atoms with E-state index in [1.165, 1.54) is 0 Å². The number of amides is 1. The number of nitrogens with zero attached hydrogens (tertiary/aromatic N) is 1. The van der Waals surface area contributed by atoms with Gasteiger partial charge in [0.05, 0.1) is 20.1 Å². The maximum atomic E-state index is 11.8. The van der Waals surface area contributed by atoms with Gasteiger partial charge in [-0.05, 0) is 12.0 Å². The zero-order chi connectivity index (χ0) is 15.2. The second-order valence-corrected chi connectivity index (χ2v) is 5.25.